The van der Waals surface area contributed by atoms with Crippen LogP contribution in [0.5, 0.6) is 0 Å². The van der Waals surface area contributed by atoms with Gasteiger partial charge in [-0.05, 0) is 35.7 Å². The first-order valence-corrected chi connectivity index (χ1v) is 9.44. The molecule has 7 heteroatoms. The highest BCUT2D eigenvalue weighted by Crippen LogP contribution is 2.28. The summed E-state index contributed by atoms with van der Waals surface area (Å²) >= 11 is 0. The molecule has 154 valence electrons. The van der Waals surface area contributed by atoms with Crippen molar-refractivity contribution in [2.24, 2.45) is 5.92 Å². The van der Waals surface area contributed by atoms with Crippen molar-refractivity contribution in [2.75, 3.05) is 18.5 Å². The van der Waals surface area contributed by atoms with Crippen LogP contribution in [0.15, 0.2) is 54.6 Å². The van der Waals surface area contributed by atoms with Crippen molar-refractivity contribution < 1.29 is 23.5 Å². The molecule has 0 heterocycles. The molecule has 2 rings (SSSR count). The second-order valence-electron chi connectivity index (χ2n) is 6.71. The molecule has 0 spiro atoms. The quantitative estimate of drug-likeness (QED) is 0.633. The summed E-state index contributed by atoms with van der Waals surface area (Å²) in [6.45, 7) is 3.18. The molecule has 0 aliphatic rings. The third kappa shape index (κ3) is 7.03. The molecule has 0 aromatic heterocycles. The summed E-state index contributed by atoms with van der Waals surface area (Å²) in [5.74, 6) is -2.35. The van der Waals surface area contributed by atoms with Crippen molar-refractivity contribution in [2.45, 2.75) is 26.2 Å². The lowest BCUT2D eigenvalue weighted by Crippen LogP contribution is -2.36. The highest BCUT2D eigenvalue weighted by Gasteiger charge is 2.27. The minimum Gasteiger partial charge on any atom is -0.455 e. The van der Waals surface area contributed by atoms with Crippen molar-refractivity contribution in [3.05, 3.63) is 66.0 Å². The molecule has 0 saturated carbocycles. The molecule has 0 aliphatic heterocycles. The predicted octanol–water partition coefficient (Wildman–Crippen LogP) is 3.25. The lowest BCUT2D eigenvalue weighted by molar-refractivity contribution is -0.151. The summed E-state index contributed by atoms with van der Waals surface area (Å²) in [5, 5.41) is 4.91. The maximum absolute atomic E-state index is 12.9. The zero-order valence-electron chi connectivity index (χ0n) is 16.5. The second kappa shape index (κ2) is 10.9. The van der Waals surface area contributed by atoms with Gasteiger partial charge >= 0.3 is 5.97 Å². The van der Waals surface area contributed by atoms with E-state index in [0.717, 1.165) is 12.0 Å². The zero-order chi connectivity index (χ0) is 21.2. The van der Waals surface area contributed by atoms with Crippen molar-refractivity contribution in [3.63, 3.8) is 0 Å². The van der Waals surface area contributed by atoms with Gasteiger partial charge in [0.25, 0.3) is 5.91 Å². The minimum atomic E-state index is -0.580. The van der Waals surface area contributed by atoms with Gasteiger partial charge in [0.1, 0.15) is 5.82 Å². The predicted molar refractivity (Wildman–Crippen MR) is 108 cm³/mol. The van der Waals surface area contributed by atoms with E-state index >= 15 is 0 Å². The van der Waals surface area contributed by atoms with E-state index in [9.17, 15) is 18.8 Å². The van der Waals surface area contributed by atoms with E-state index in [4.69, 9.17) is 4.74 Å². The number of ether oxygens (including phenoxy) is 1. The van der Waals surface area contributed by atoms with Crippen LogP contribution in [0.1, 0.15) is 31.7 Å². The SMILES string of the molecule is CC[C@@H](C)[C@@H](C(=O)OCC(=O)NCC(=O)Nc1ccc(F)cc1)c1ccccc1. The van der Waals surface area contributed by atoms with Crippen LogP contribution in [-0.2, 0) is 19.1 Å². The Bertz CT molecular complexity index is 824. The van der Waals surface area contributed by atoms with Gasteiger partial charge in [-0.3, -0.25) is 14.4 Å². The topological polar surface area (TPSA) is 84.5 Å². The molecular weight excluding hydrogens is 375 g/mol. The van der Waals surface area contributed by atoms with Crippen molar-refractivity contribution in [1.29, 1.82) is 0 Å². The fourth-order valence-electron chi connectivity index (χ4n) is 2.79. The molecule has 2 aromatic rings. The molecule has 6 nitrogen and oxygen atoms in total. The Hall–Kier alpha value is -3.22. The van der Waals surface area contributed by atoms with Crippen LogP contribution in [0.2, 0.25) is 0 Å². The second-order valence-corrected chi connectivity index (χ2v) is 6.71. The van der Waals surface area contributed by atoms with Crippen molar-refractivity contribution in [3.8, 4) is 0 Å². The minimum absolute atomic E-state index is 0.0504. The van der Waals surface area contributed by atoms with Crippen molar-refractivity contribution >= 4 is 23.5 Å². The number of carbonyl (C=O) groups is 3. The van der Waals surface area contributed by atoms with Gasteiger partial charge in [-0.25, -0.2) is 4.39 Å². The summed E-state index contributed by atoms with van der Waals surface area (Å²) in [4.78, 5) is 36.3. The number of benzene rings is 2. The van der Waals surface area contributed by atoms with Gasteiger partial charge in [0.2, 0.25) is 5.91 Å². The zero-order valence-corrected chi connectivity index (χ0v) is 16.5. The molecule has 0 saturated heterocycles. The van der Waals surface area contributed by atoms with Crippen LogP contribution in [0.25, 0.3) is 0 Å². The average Bonchev–Trinajstić information content (AvgIpc) is 2.73. The van der Waals surface area contributed by atoms with Gasteiger partial charge < -0.3 is 15.4 Å². The van der Waals surface area contributed by atoms with Gasteiger partial charge in [0.05, 0.1) is 12.5 Å². The molecular formula is C22H25FN2O4. The van der Waals surface area contributed by atoms with Crippen LogP contribution < -0.4 is 10.6 Å². The number of anilines is 1. The summed E-state index contributed by atoms with van der Waals surface area (Å²) < 4.78 is 18.0. The Balaban J connectivity index is 1.81. The maximum Gasteiger partial charge on any atom is 0.314 e. The van der Waals surface area contributed by atoms with E-state index in [2.05, 4.69) is 10.6 Å². The first-order chi connectivity index (χ1) is 13.9. The van der Waals surface area contributed by atoms with Crippen molar-refractivity contribution in [1.82, 2.24) is 5.32 Å². The first-order valence-electron chi connectivity index (χ1n) is 9.44. The Morgan fingerprint density at radius 2 is 1.66 bits per heavy atom. The first kappa shape index (κ1) is 22.1. The number of amides is 2. The van der Waals surface area contributed by atoms with Gasteiger partial charge in [-0.15, -0.1) is 0 Å². The lowest BCUT2D eigenvalue weighted by Gasteiger charge is -2.21. The summed E-state index contributed by atoms with van der Waals surface area (Å²) in [6.07, 6.45) is 0.782. The largest absolute Gasteiger partial charge is 0.455 e. The van der Waals surface area contributed by atoms with Crippen LogP contribution >= 0.6 is 0 Å². The Morgan fingerprint density at radius 1 is 1.00 bits per heavy atom. The van der Waals surface area contributed by atoms with Crippen LogP contribution in [-0.4, -0.2) is 30.9 Å². The molecule has 0 fully saturated rings. The summed E-state index contributed by atoms with van der Waals surface area (Å²) in [7, 11) is 0. The number of carbonyl (C=O) groups excluding carboxylic acids is 3. The lowest BCUT2D eigenvalue weighted by atomic mass is 9.86. The molecule has 0 bridgehead atoms. The monoisotopic (exact) mass is 400 g/mol. The average molecular weight is 400 g/mol. The molecule has 2 N–H and O–H groups in total. The van der Waals surface area contributed by atoms with Crippen LogP contribution in [0.3, 0.4) is 0 Å². The van der Waals surface area contributed by atoms with Crippen LogP contribution in [0, 0.1) is 11.7 Å². The molecule has 29 heavy (non-hydrogen) atoms. The standard InChI is InChI=1S/C22H25FN2O4/c1-3-15(2)21(16-7-5-4-6-8-16)22(28)29-14-20(27)24-13-19(26)25-18-11-9-17(23)10-12-18/h4-12,15,21H,3,13-14H2,1-2H3,(H,24,27)(H,25,26)/t15-,21-/m1/s1. The number of esters is 1. The summed E-state index contributed by atoms with van der Waals surface area (Å²) in [5.41, 5.74) is 1.25. The molecule has 2 atom stereocenters. The van der Waals surface area contributed by atoms with E-state index in [1.807, 2.05) is 44.2 Å². The van der Waals surface area contributed by atoms with E-state index in [-0.39, 0.29) is 12.5 Å². The number of hydrogen-bond donors (Lipinski definition) is 2. The molecule has 0 radical (unpaired) electrons. The Labute approximate surface area is 169 Å². The highest BCUT2D eigenvalue weighted by molar-refractivity contribution is 5.94. The van der Waals surface area contributed by atoms with Gasteiger partial charge in [0.15, 0.2) is 6.61 Å². The molecule has 0 aliphatic carbocycles. The Kier molecular flexibility index (Phi) is 8.33. The Morgan fingerprint density at radius 3 is 2.28 bits per heavy atom. The highest BCUT2D eigenvalue weighted by atomic mass is 19.1. The fourth-order valence-corrected chi connectivity index (χ4v) is 2.79. The number of nitrogens with one attached hydrogen (secondary N) is 2. The van der Waals surface area contributed by atoms with Gasteiger partial charge in [-0.1, -0.05) is 50.6 Å². The van der Waals surface area contributed by atoms with E-state index in [1.165, 1.54) is 24.3 Å². The molecule has 2 amide bonds. The number of hydrogen-bond acceptors (Lipinski definition) is 4. The fraction of sp³-hybridized carbons (Fsp3) is 0.318. The third-order valence-electron chi connectivity index (χ3n) is 4.55. The normalized spacial score (nSPS) is 12.5. The summed E-state index contributed by atoms with van der Waals surface area (Å²) in [6, 6.07) is 14.5. The van der Waals surface area contributed by atoms with E-state index in [0.29, 0.717) is 5.69 Å². The number of halogens is 1. The third-order valence-corrected chi connectivity index (χ3v) is 4.55. The molecule has 0 unspecified atom stereocenters. The van der Waals surface area contributed by atoms with Gasteiger partial charge in [0, 0.05) is 5.69 Å². The maximum atomic E-state index is 12.9. The van der Waals surface area contributed by atoms with Gasteiger partial charge in [-0.2, -0.15) is 0 Å². The molecule has 2 aromatic carbocycles. The smallest absolute Gasteiger partial charge is 0.314 e. The van der Waals surface area contributed by atoms with E-state index in [1.54, 1.807) is 0 Å². The van der Waals surface area contributed by atoms with Crippen LogP contribution in [0.4, 0.5) is 10.1 Å². The van der Waals surface area contributed by atoms with E-state index < -0.39 is 36.1 Å². The number of rotatable bonds is 9.